The highest BCUT2D eigenvalue weighted by Crippen LogP contribution is 2.14. The SMILES string of the molecule is NC(=O)NC(=O)CNc1cccc(Cl)c1. The van der Waals surface area contributed by atoms with Crippen LogP contribution in [0.3, 0.4) is 0 Å². The molecule has 0 saturated carbocycles. The van der Waals surface area contributed by atoms with Crippen LogP contribution < -0.4 is 16.4 Å². The average Bonchev–Trinajstić information content (AvgIpc) is 2.14. The number of urea groups is 1. The van der Waals surface area contributed by atoms with E-state index in [0.717, 1.165) is 0 Å². The van der Waals surface area contributed by atoms with Crippen molar-refractivity contribution in [3.8, 4) is 0 Å². The van der Waals surface area contributed by atoms with Crippen LogP contribution in [0.25, 0.3) is 0 Å². The fourth-order valence-corrected chi connectivity index (χ4v) is 1.15. The molecule has 0 aliphatic rings. The Balaban J connectivity index is 2.43. The number of carbonyl (C=O) groups excluding carboxylic acids is 2. The van der Waals surface area contributed by atoms with Gasteiger partial charge < -0.3 is 11.1 Å². The minimum Gasteiger partial charge on any atom is -0.376 e. The number of anilines is 1. The number of imide groups is 1. The molecule has 1 aromatic rings. The Bertz CT molecular complexity index is 381. The minimum absolute atomic E-state index is 0.0384. The quantitative estimate of drug-likeness (QED) is 0.719. The number of benzene rings is 1. The second-order valence-corrected chi connectivity index (χ2v) is 3.21. The predicted octanol–water partition coefficient (Wildman–Crippen LogP) is 0.947. The third-order valence-corrected chi connectivity index (χ3v) is 1.78. The van der Waals surface area contributed by atoms with Crippen LogP contribution in [0, 0.1) is 0 Å². The second-order valence-electron chi connectivity index (χ2n) is 2.78. The molecular formula is C9H10ClN3O2. The number of hydrogen-bond acceptors (Lipinski definition) is 3. The topological polar surface area (TPSA) is 84.2 Å². The van der Waals surface area contributed by atoms with Gasteiger partial charge in [0.2, 0.25) is 5.91 Å². The van der Waals surface area contributed by atoms with Crippen molar-refractivity contribution in [2.45, 2.75) is 0 Å². The van der Waals surface area contributed by atoms with Crippen LogP contribution in [0.15, 0.2) is 24.3 Å². The highest BCUT2D eigenvalue weighted by Gasteiger charge is 2.03. The smallest absolute Gasteiger partial charge is 0.318 e. The number of rotatable bonds is 3. The van der Waals surface area contributed by atoms with Gasteiger partial charge in [-0.1, -0.05) is 17.7 Å². The summed E-state index contributed by atoms with van der Waals surface area (Å²) in [6.07, 6.45) is 0. The Morgan fingerprint density at radius 2 is 2.13 bits per heavy atom. The van der Waals surface area contributed by atoms with E-state index in [2.05, 4.69) is 5.32 Å². The van der Waals surface area contributed by atoms with Crippen LogP contribution in [-0.2, 0) is 4.79 Å². The number of halogens is 1. The summed E-state index contributed by atoms with van der Waals surface area (Å²) in [4.78, 5) is 21.3. The molecule has 3 amide bonds. The van der Waals surface area contributed by atoms with Gasteiger partial charge in [-0.25, -0.2) is 4.79 Å². The molecule has 15 heavy (non-hydrogen) atoms. The average molecular weight is 228 g/mol. The molecule has 0 spiro atoms. The maximum Gasteiger partial charge on any atom is 0.318 e. The molecule has 0 saturated heterocycles. The molecule has 0 aliphatic carbocycles. The molecule has 80 valence electrons. The molecule has 0 atom stereocenters. The molecule has 6 heteroatoms. The highest BCUT2D eigenvalue weighted by molar-refractivity contribution is 6.30. The molecule has 0 bridgehead atoms. The predicted molar refractivity (Wildman–Crippen MR) is 57.7 cm³/mol. The van der Waals surface area contributed by atoms with Crippen molar-refractivity contribution in [3.05, 3.63) is 29.3 Å². The zero-order valence-corrected chi connectivity index (χ0v) is 8.54. The maximum absolute atomic E-state index is 11.0. The number of carbonyl (C=O) groups is 2. The number of hydrogen-bond donors (Lipinski definition) is 3. The van der Waals surface area contributed by atoms with Gasteiger partial charge in [-0.2, -0.15) is 0 Å². The van der Waals surface area contributed by atoms with Crippen molar-refractivity contribution in [2.75, 3.05) is 11.9 Å². The van der Waals surface area contributed by atoms with Crippen LogP contribution in [0.4, 0.5) is 10.5 Å². The van der Waals surface area contributed by atoms with Crippen molar-refractivity contribution < 1.29 is 9.59 Å². The van der Waals surface area contributed by atoms with E-state index in [0.29, 0.717) is 10.7 Å². The van der Waals surface area contributed by atoms with Crippen molar-refractivity contribution in [2.24, 2.45) is 5.73 Å². The van der Waals surface area contributed by atoms with E-state index in [9.17, 15) is 9.59 Å². The summed E-state index contributed by atoms with van der Waals surface area (Å²) in [5, 5.41) is 5.28. The molecule has 0 radical (unpaired) electrons. The lowest BCUT2D eigenvalue weighted by Gasteiger charge is -2.05. The molecule has 0 aromatic heterocycles. The Hall–Kier alpha value is -1.75. The van der Waals surface area contributed by atoms with Crippen LogP contribution >= 0.6 is 11.6 Å². The van der Waals surface area contributed by atoms with Gasteiger partial charge in [0.1, 0.15) is 0 Å². The summed E-state index contributed by atoms with van der Waals surface area (Å²) in [6.45, 7) is -0.0384. The first-order valence-corrected chi connectivity index (χ1v) is 4.54. The largest absolute Gasteiger partial charge is 0.376 e. The lowest BCUT2D eigenvalue weighted by molar-refractivity contribution is -0.118. The lowest BCUT2D eigenvalue weighted by atomic mass is 10.3. The normalized spacial score (nSPS) is 9.40. The molecular weight excluding hydrogens is 218 g/mol. The fraction of sp³-hybridized carbons (Fsp3) is 0.111. The van der Waals surface area contributed by atoms with Gasteiger partial charge in [-0.3, -0.25) is 10.1 Å². The first kappa shape index (κ1) is 11.3. The number of amides is 3. The summed E-state index contributed by atoms with van der Waals surface area (Å²) in [5.74, 6) is -0.498. The number of primary amides is 1. The standard InChI is InChI=1S/C9H10ClN3O2/c10-6-2-1-3-7(4-6)12-5-8(14)13-9(11)15/h1-4,12H,5H2,(H3,11,13,14,15). The Morgan fingerprint density at radius 3 is 2.73 bits per heavy atom. The lowest BCUT2D eigenvalue weighted by Crippen LogP contribution is -2.38. The van der Waals surface area contributed by atoms with Gasteiger partial charge in [-0.05, 0) is 18.2 Å². The van der Waals surface area contributed by atoms with Gasteiger partial charge in [-0.15, -0.1) is 0 Å². The van der Waals surface area contributed by atoms with Gasteiger partial charge >= 0.3 is 6.03 Å². The van der Waals surface area contributed by atoms with Crippen LogP contribution in [-0.4, -0.2) is 18.5 Å². The third-order valence-electron chi connectivity index (χ3n) is 1.54. The van der Waals surface area contributed by atoms with Crippen LogP contribution in [0.5, 0.6) is 0 Å². The first-order valence-electron chi connectivity index (χ1n) is 4.16. The maximum atomic E-state index is 11.0. The van der Waals surface area contributed by atoms with Crippen LogP contribution in [0.2, 0.25) is 5.02 Å². The third kappa shape index (κ3) is 4.33. The fourth-order valence-electron chi connectivity index (χ4n) is 0.962. The van der Waals surface area contributed by atoms with E-state index in [1.165, 1.54) is 0 Å². The van der Waals surface area contributed by atoms with Crippen molar-refractivity contribution in [1.29, 1.82) is 0 Å². The van der Waals surface area contributed by atoms with Crippen molar-refractivity contribution in [1.82, 2.24) is 5.32 Å². The van der Waals surface area contributed by atoms with E-state index in [4.69, 9.17) is 17.3 Å². The zero-order valence-electron chi connectivity index (χ0n) is 7.79. The molecule has 0 aliphatic heterocycles. The minimum atomic E-state index is -0.868. The Kier molecular flexibility index (Phi) is 3.93. The Labute approximate surface area is 91.6 Å². The molecule has 4 N–H and O–H groups in total. The zero-order chi connectivity index (χ0) is 11.3. The molecule has 0 heterocycles. The number of nitrogens with two attached hydrogens (primary N) is 1. The van der Waals surface area contributed by atoms with E-state index >= 15 is 0 Å². The monoisotopic (exact) mass is 227 g/mol. The number of nitrogens with one attached hydrogen (secondary N) is 2. The summed E-state index contributed by atoms with van der Waals surface area (Å²) >= 11 is 5.73. The molecule has 1 aromatic carbocycles. The summed E-state index contributed by atoms with van der Waals surface area (Å²) < 4.78 is 0. The van der Waals surface area contributed by atoms with Crippen LogP contribution in [0.1, 0.15) is 0 Å². The van der Waals surface area contributed by atoms with Crippen molar-refractivity contribution in [3.63, 3.8) is 0 Å². The van der Waals surface area contributed by atoms with Crippen molar-refractivity contribution >= 4 is 29.2 Å². The highest BCUT2D eigenvalue weighted by atomic mass is 35.5. The summed E-state index contributed by atoms with van der Waals surface area (Å²) in [7, 11) is 0. The molecule has 1 rings (SSSR count). The molecule has 0 unspecified atom stereocenters. The van der Waals surface area contributed by atoms with Gasteiger partial charge in [0, 0.05) is 10.7 Å². The summed E-state index contributed by atoms with van der Waals surface area (Å²) in [6, 6.07) is 6.02. The Morgan fingerprint density at radius 1 is 1.40 bits per heavy atom. The van der Waals surface area contributed by atoms with Gasteiger partial charge in [0.15, 0.2) is 0 Å². The van der Waals surface area contributed by atoms with E-state index in [1.54, 1.807) is 24.3 Å². The van der Waals surface area contributed by atoms with Gasteiger partial charge in [0.05, 0.1) is 6.54 Å². The molecule has 0 fully saturated rings. The van der Waals surface area contributed by atoms with E-state index in [1.807, 2.05) is 5.32 Å². The summed E-state index contributed by atoms with van der Waals surface area (Å²) in [5.41, 5.74) is 5.46. The van der Waals surface area contributed by atoms with Gasteiger partial charge in [0.25, 0.3) is 0 Å². The van der Waals surface area contributed by atoms with E-state index in [-0.39, 0.29) is 6.54 Å². The molecule has 5 nitrogen and oxygen atoms in total. The first-order chi connectivity index (χ1) is 7.08. The second kappa shape index (κ2) is 5.21. The van der Waals surface area contributed by atoms with E-state index < -0.39 is 11.9 Å².